The highest BCUT2D eigenvalue weighted by Gasteiger charge is 2.12. The Hall–Kier alpha value is -0.680. The van der Waals surface area contributed by atoms with Gasteiger partial charge >= 0.3 is 0 Å². The Balaban J connectivity index is 2.10. The minimum Gasteiger partial charge on any atom is -0.271 e. The van der Waals surface area contributed by atoms with E-state index in [1.54, 1.807) is 11.3 Å². The van der Waals surface area contributed by atoms with Gasteiger partial charge in [0.2, 0.25) is 0 Å². The molecule has 1 aromatic heterocycles. The zero-order valence-electron chi connectivity index (χ0n) is 10.3. The molecule has 2 aromatic rings. The quantitative estimate of drug-likeness (QED) is 0.648. The number of nitrogens with two attached hydrogens (primary N) is 1. The smallest absolute Gasteiger partial charge is 0.0702 e. The fraction of sp³-hybridized carbons (Fsp3) is 0.286. The Morgan fingerprint density at radius 1 is 1.17 bits per heavy atom. The van der Waals surface area contributed by atoms with Gasteiger partial charge < -0.3 is 0 Å². The SMILES string of the molecule is CCc1ccc(CC(NN)c2ccc(Br)s2)cc1. The highest BCUT2D eigenvalue weighted by atomic mass is 79.9. The zero-order valence-corrected chi connectivity index (χ0v) is 12.7. The summed E-state index contributed by atoms with van der Waals surface area (Å²) in [4.78, 5) is 1.25. The molecule has 0 radical (unpaired) electrons. The van der Waals surface area contributed by atoms with Crippen molar-refractivity contribution in [3.05, 3.63) is 56.2 Å². The molecule has 0 aliphatic heterocycles. The summed E-state index contributed by atoms with van der Waals surface area (Å²) in [5.41, 5.74) is 5.57. The van der Waals surface area contributed by atoms with Crippen LogP contribution < -0.4 is 11.3 Å². The summed E-state index contributed by atoms with van der Waals surface area (Å²) in [5.74, 6) is 5.66. The number of benzene rings is 1. The van der Waals surface area contributed by atoms with Crippen molar-refractivity contribution < 1.29 is 0 Å². The molecule has 0 saturated heterocycles. The summed E-state index contributed by atoms with van der Waals surface area (Å²) in [6, 6.07) is 13.1. The first-order valence-corrected chi connectivity index (χ1v) is 7.63. The molecule has 4 heteroatoms. The van der Waals surface area contributed by atoms with E-state index in [2.05, 4.69) is 64.7 Å². The first-order chi connectivity index (χ1) is 8.72. The summed E-state index contributed by atoms with van der Waals surface area (Å²) < 4.78 is 1.14. The van der Waals surface area contributed by atoms with Gasteiger partial charge in [-0.2, -0.15) is 0 Å². The fourth-order valence-corrected chi connectivity index (χ4v) is 3.39. The Morgan fingerprint density at radius 2 is 1.83 bits per heavy atom. The summed E-state index contributed by atoms with van der Waals surface area (Å²) in [7, 11) is 0. The van der Waals surface area contributed by atoms with E-state index in [1.165, 1.54) is 16.0 Å². The molecular weight excluding hydrogens is 308 g/mol. The molecule has 3 N–H and O–H groups in total. The van der Waals surface area contributed by atoms with Gasteiger partial charge in [0.15, 0.2) is 0 Å². The van der Waals surface area contributed by atoms with Gasteiger partial charge in [-0.1, -0.05) is 31.2 Å². The van der Waals surface area contributed by atoms with Crippen LogP contribution in [0.25, 0.3) is 0 Å². The molecule has 0 saturated carbocycles. The van der Waals surface area contributed by atoms with Crippen molar-refractivity contribution in [1.29, 1.82) is 0 Å². The van der Waals surface area contributed by atoms with Gasteiger partial charge in [0.25, 0.3) is 0 Å². The standard InChI is InChI=1S/C14H17BrN2S/c1-2-10-3-5-11(6-4-10)9-12(17-16)13-7-8-14(15)18-13/h3-8,12,17H,2,9,16H2,1H3. The molecule has 0 amide bonds. The van der Waals surface area contributed by atoms with Crippen LogP contribution in [0.2, 0.25) is 0 Å². The van der Waals surface area contributed by atoms with Gasteiger partial charge in [-0.3, -0.25) is 11.3 Å². The molecule has 2 nitrogen and oxygen atoms in total. The molecule has 1 atom stereocenters. The zero-order chi connectivity index (χ0) is 13.0. The molecule has 0 aliphatic carbocycles. The van der Waals surface area contributed by atoms with Crippen molar-refractivity contribution in [2.75, 3.05) is 0 Å². The summed E-state index contributed by atoms with van der Waals surface area (Å²) in [6.07, 6.45) is 1.99. The lowest BCUT2D eigenvalue weighted by Gasteiger charge is -2.14. The Kier molecular flexibility index (Phi) is 4.95. The third-order valence-electron chi connectivity index (χ3n) is 3.01. The predicted octanol–water partition coefficient (Wildman–Crippen LogP) is 3.82. The first-order valence-electron chi connectivity index (χ1n) is 6.02. The van der Waals surface area contributed by atoms with Crippen LogP contribution in [0, 0.1) is 0 Å². The second kappa shape index (κ2) is 6.48. The van der Waals surface area contributed by atoms with Gasteiger partial charge in [-0.05, 0) is 52.0 Å². The number of hydrogen-bond donors (Lipinski definition) is 2. The van der Waals surface area contributed by atoms with E-state index in [4.69, 9.17) is 5.84 Å². The molecule has 2 rings (SSSR count). The lowest BCUT2D eigenvalue weighted by Crippen LogP contribution is -2.28. The Bertz CT molecular complexity index is 493. The number of halogens is 1. The van der Waals surface area contributed by atoms with Crippen LogP contribution in [0.1, 0.15) is 29.0 Å². The number of nitrogens with one attached hydrogen (secondary N) is 1. The van der Waals surface area contributed by atoms with Crippen LogP contribution in [-0.2, 0) is 12.8 Å². The van der Waals surface area contributed by atoms with Crippen LogP contribution in [-0.4, -0.2) is 0 Å². The Labute approximate surface area is 120 Å². The van der Waals surface area contributed by atoms with E-state index in [-0.39, 0.29) is 6.04 Å². The minimum atomic E-state index is 0.175. The molecular formula is C14H17BrN2S. The second-order valence-corrected chi connectivity index (χ2v) is 6.73. The first kappa shape index (κ1) is 13.7. The van der Waals surface area contributed by atoms with Crippen molar-refractivity contribution >= 4 is 27.3 Å². The third-order valence-corrected chi connectivity index (χ3v) is 4.75. The van der Waals surface area contributed by atoms with Gasteiger partial charge in [0.1, 0.15) is 0 Å². The van der Waals surface area contributed by atoms with Crippen LogP contribution in [0.15, 0.2) is 40.2 Å². The van der Waals surface area contributed by atoms with Crippen molar-refractivity contribution in [3.63, 3.8) is 0 Å². The summed E-state index contributed by atoms with van der Waals surface area (Å²) in [5, 5.41) is 0. The van der Waals surface area contributed by atoms with Gasteiger partial charge in [0, 0.05) is 4.88 Å². The van der Waals surface area contributed by atoms with Gasteiger partial charge in [-0.25, -0.2) is 0 Å². The second-order valence-electron chi connectivity index (χ2n) is 4.24. The summed E-state index contributed by atoms with van der Waals surface area (Å²) >= 11 is 5.21. The number of thiophene rings is 1. The monoisotopic (exact) mass is 324 g/mol. The fourth-order valence-electron chi connectivity index (χ4n) is 1.90. The van der Waals surface area contributed by atoms with Crippen LogP contribution >= 0.6 is 27.3 Å². The highest BCUT2D eigenvalue weighted by molar-refractivity contribution is 9.11. The van der Waals surface area contributed by atoms with Gasteiger partial charge in [-0.15, -0.1) is 11.3 Å². The van der Waals surface area contributed by atoms with Crippen molar-refractivity contribution in [3.8, 4) is 0 Å². The van der Waals surface area contributed by atoms with E-state index in [9.17, 15) is 0 Å². The molecule has 1 unspecified atom stereocenters. The molecule has 96 valence electrons. The van der Waals surface area contributed by atoms with Crippen LogP contribution in [0.3, 0.4) is 0 Å². The van der Waals surface area contributed by atoms with E-state index < -0.39 is 0 Å². The average Bonchev–Trinajstić information content (AvgIpc) is 2.83. The number of hydrogen-bond acceptors (Lipinski definition) is 3. The lowest BCUT2D eigenvalue weighted by atomic mass is 10.0. The van der Waals surface area contributed by atoms with E-state index in [1.807, 2.05) is 0 Å². The van der Waals surface area contributed by atoms with E-state index in [0.29, 0.717) is 0 Å². The van der Waals surface area contributed by atoms with Crippen molar-refractivity contribution in [2.45, 2.75) is 25.8 Å². The normalized spacial score (nSPS) is 12.6. The summed E-state index contributed by atoms with van der Waals surface area (Å²) in [6.45, 7) is 2.17. The molecule has 0 fully saturated rings. The number of aryl methyl sites for hydroxylation is 1. The largest absolute Gasteiger partial charge is 0.271 e. The van der Waals surface area contributed by atoms with Crippen molar-refractivity contribution in [1.82, 2.24) is 5.43 Å². The molecule has 1 heterocycles. The maximum absolute atomic E-state index is 5.66. The number of rotatable bonds is 5. The number of hydrazine groups is 1. The van der Waals surface area contributed by atoms with Crippen molar-refractivity contribution in [2.24, 2.45) is 5.84 Å². The van der Waals surface area contributed by atoms with E-state index in [0.717, 1.165) is 16.6 Å². The predicted molar refractivity (Wildman–Crippen MR) is 81.6 cm³/mol. The highest BCUT2D eigenvalue weighted by Crippen LogP contribution is 2.28. The average molecular weight is 325 g/mol. The Morgan fingerprint density at radius 3 is 2.33 bits per heavy atom. The maximum Gasteiger partial charge on any atom is 0.0702 e. The lowest BCUT2D eigenvalue weighted by molar-refractivity contribution is 0.560. The van der Waals surface area contributed by atoms with E-state index >= 15 is 0 Å². The maximum atomic E-state index is 5.66. The van der Waals surface area contributed by atoms with Crippen LogP contribution in [0.5, 0.6) is 0 Å². The molecule has 0 aliphatic rings. The minimum absolute atomic E-state index is 0.175. The topological polar surface area (TPSA) is 38.0 Å². The molecule has 18 heavy (non-hydrogen) atoms. The molecule has 0 bridgehead atoms. The molecule has 0 spiro atoms. The van der Waals surface area contributed by atoms with Crippen LogP contribution in [0.4, 0.5) is 0 Å². The third kappa shape index (κ3) is 3.42. The van der Waals surface area contributed by atoms with Gasteiger partial charge in [0.05, 0.1) is 9.83 Å². The molecule has 1 aromatic carbocycles.